The third kappa shape index (κ3) is 6.14. The molecule has 0 bridgehead atoms. The van der Waals surface area contributed by atoms with Crippen molar-refractivity contribution in [2.45, 2.75) is 39.3 Å². The smallest absolute Gasteiger partial charge is 0.418 e. The molecular formula is C29H27F3N6O4. The van der Waals surface area contributed by atoms with Crippen LogP contribution in [0.1, 0.15) is 37.6 Å². The van der Waals surface area contributed by atoms with E-state index in [9.17, 15) is 22.8 Å². The van der Waals surface area contributed by atoms with Crippen LogP contribution in [0.2, 0.25) is 0 Å². The highest BCUT2D eigenvalue weighted by molar-refractivity contribution is 6.00. The van der Waals surface area contributed by atoms with Crippen LogP contribution in [0.4, 0.5) is 35.3 Å². The number of alkyl halides is 3. The first-order chi connectivity index (χ1) is 19.8. The van der Waals surface area contributed by atoms with E-state index in [1.165, 1.54) is 23.0 Å². The van der Waals surface area contributed by atoms with Gasteiger partial charge in [0.15, 0.2) is 18.2 Å². The van der Waals surface area contributed by atoms with E-state index >= 15 is 0 Å². The highest BCUT2D eigenvalue weighted by Crippen LogP contribution is 2.41. The van der Waals surface area contributed by atoms with Crippen molar-refractivity contribution < 1.29 is 32.2 Å². The standard InChI is InChI=1S/C29H27F3N6O4/c1-16-5-7-17(8-6-16)38-23(14-22(37-38)28(2,3)4)35-27(40)34-20-10-9-18(13-19(20)29(30,31)32)42-21-11-12-33-26-25(21)41-15-24(39)36-26/h5-14H,15H2,1-4H3,(H,33,36,39)(H2,34,35,40). The molecule has 0 saturated heterocycles. The van der Waals surface area contributed by atoms with Crippen LogP contribution >= 0.6 is 0 Å². The number of pyridine rings is 1. The van der Waals surface area contributed by atoms with Crippen molar-refractivity contribution >= 4 is 29.3 Å². The lowest BCUT2D eigenvalue weighted by molar-refractivity contribution is -0.137. The van der Waals surface area contributed by atoms with Gasteiger partial charge in [-0.3, -0.25) is 10.1 Å². The Hall–Kier alpha value is -5.07. The molecular weight excluding hydrogens is 553 g/mol. The van der Waals surface area contributed by atoms with E-state index < -0.39 is 29.4 Å². The number of hydrogen-bond donors (Lipinski definition) is 3. The van der Waals surface area contributed by atoms with Gasteiger partial charge >= 0.3 is 12.2 Å². The molecule has 1 aliphatic heterocycles. The predicted molar refractivity (Wildman–Crippen MR) is 150 cm³/mol. The second-order valence-electron chi connectivity index (χ2n) is 10.6. The summed E-state index contributed by atoms with van der Waals surface area (Å²) in [6.07, 6.45) is -3.51. The second kappa shape index (κ2) is 10.7. The first-order valence-electron chi connectivity index (χ1n) is 12.8. The lowest BCUT2D eigenvalue weighted by atomic mass is 9.92. The summed E-state index contributed by atoms with van der Waals surface area (Å²) in [6.45, 7) is 7.53. The van der Waals surface area contributed by atoms with Crippen LogP contribution in [0.5, 0.6) is 17.2 Å². The molecule has 3 amide bonds. The number of halogens is 3. The molecule has 2 aromatic carbocycles. The summed E-state index contributed by atoms with van der Waals surface area (Å²) in [7, 11) is 0. The summed E-state index contributed by atoms with van der Waals surface area (Å²) in [4.78, 5) is 28.5. The van der Waals surface area contributed by atoms with Crippen LogP contribution in [-0.4, -0.2) is 33.3 Å². The Bertz CT molecular complexity index is 1660. The monoisotopic (exact) mass is 580 g/mol. The van der Waals surface area contributed by atoms with Gasteiger partial charge in [-0.25, -0.2) is 14.5 Å². The molecule has 0 saturated carbocycles. The number of ether oxygens (including phenoxy) is 2. The van der Waals surface area contributed by atoms with Crippen molar-refractivity contribution in [3.8, 4) is 22.9 Å². The van der Waals surface area contributed by atoms with Gasteiger partial charge in [-0.2, -0.15) is 18.3 Å². The van der Waals surface area contributed by atoms with E-state index in [0.717, 1.165) is 17.7 Å². The maximum Gasteiger partial charge on any atom is 0.418 e. The minimum atomic E-state index is -4.83. The normalized spacial score (nSPS) is 13.1. The van der Waals surface area contributed by atoms with Gasteiger partial charge in [0.25, 0.3) is 5.91 Å². The van der Waals surface area contributed by atoms with Crippen molar-refractivity contribution in [3.05, 3.63) is 77.6 Å². The third-order valence-corrected chi connectivity index (χ3v) is 6.24. The Morgan fingerprint density at radius 3 is 2.48 bits per heavy atom. The van der Waals surface area contributed by atoms with Crippen molar-refractivity contribution in [1.29, 1.82) is 0 Å². The fraction of sp³-hybridized carbons (Fsp3) is 0.241. The third-order valence-electron chi connectivity index (χ3n) is 6.24. The van der Waals surface area contributed by atoms with Gasteiger partial charge in [0, 0.05) is 23.7 Å². The topological polar surface area (TPSA) is 119 Å². The number of nitrogens with one attached hydrogen (secondary N) is 3. The maximum atomic E-state index is 14.1. The summed E-state index contributed by atoms with van der Waals surface area (Å²) in [6, 6.07) is 12.7. The summed E-state index contributed by atoms with van der Waals surface area (Å²) in [5, 5.41) is 12.1. The molecule has 3 N–H and O–H groups in total. The molecule has 0 aliphatic carbocycles. The van der Waals surface area contributed by atoms with Gasteiger partial charge in [-0.1, -0.05) is 38.5 Å². The van der Waals surface area contributed by atoms with Crippen molar-refractivity contribution in [2.24, 2.45) is 0 Å². The number of hydrogen-bond acceptors (Lipinski definition) is 6. The van der Waals surface area contributed by atoms with Crippen LogP contribution in [0, 0.1) is 6.92 Å². The Labute approximate surface area is 238 Å². The molecule has 0 fully saturated rings. The van der Waals surface area contributed by atoms with E-state index in [4.69, 9.17) is 9.47 Å². The number of aryl methyl sites for hydroxylation is 1. The fourth-order valence-electron chi connectivity index (χ4n) is 4.09. The predicted octanol–water partition coefficient (Wildman–Crippen LogP) is 6.66. The van der Waals surface area contributed by atoms with Gasteiger partial charge in [-0.15, -0.1) is 0 Å². The highest BCUT2D eigenvalue weighted by atomic mass is 19.4. The molecule has 13 heteroatoms. The summed E-state index contributed by atoms with van der Waals surface area (Å²) >= 11 is 0. The Morgan fingerprint density at radius 2 is 1.79 bits per heavy atom. The Balaban J connectivity index is 1.40. The number of carbonyl (C=O) groups excluding carboxylic acids is 2. The largest absolute Gasteiger partial charge is 0.476 e. The SMILES string of the molecule is Cc1ccc(-n2nc(C(C)(C)C)cc2NC(=O)Nc2ccc(Oc3ccnc4c3OCC(=O)N4)cc2C(F)(F)F)cc1. The van der Waals surface area contributed by atoms with Crippen molar-refractivity contribution in [1.82, 2.24) is 14.8 Å². The van der Waals surface area contributed by atoms with Gasteiger partial charge in [0.2, 0.25) is 5.75 Å². The molecule has 0 radical (unpaired) electrons. The molecule has 5 rings (SSSR count). The Kier molecular flexibility index (Phi) is 7.27. The molecule has 1 aliphatic rings. The first-order valence-corrected chi connectivity index (χ1v) is 12.8. The van der Waals surface area contributed by atoms with E-state index in [0.29, 0.717) is 11.4 Å². The number of urea groups is 1. The zero-order chi connectivity index (χ0) is 30.2. The number of fused-ring (bicyclic) bond motifs is 1. The molecule has 218 valence electrons. The van der Waals surface area contributed by atoms with E-state index in [2.05, 4.69) is 26.0 Å². The van der Waals surface area contributed by atoms with Crippen LogP contribution in [-0.2, 0) is 16.4 Å². The van der Waals surface area contributed by atoms with E-state index in [1.54, 1.807) is 6.07 Å². The minimum Gasteiger partial charge on any atom is -0.476 e. The zero-order valence-electron chi connectivity index (χ0n) is 23.1. The van der Waals surface area contributed by atoms with Crippen LogP contribution in [0.15, 0.2) is 60.8 Å². The van der Waals surface area contributed by atoms with Crippen molar-refractivity contribution in [3.63, 3.8) is 0 Å². The number of nitrogens with zero attached hydrogens (tertiary/aromatic N) is 3. The number of carbonyl (C=O) groups is 2. The van der Waals surface area contributed by atoms with E-state index in [-0.39, 0.29) is 40.9 Å². The molecule has 3 heterocycles. The van der Waals surface area contributed by atoms with Crippen LogP contribution < -0.4 is 25.4 Å². The average Bonchev–Trinajstić information content (AvgIpc) is 3.33. The fourth-order valence-corrected chi connectivity index (χ4v) is 4.09. The molecule has 10 nitrogen and oxygen atoms in total. The van der Waals surface area contributed by atoms with Gasteiger partial charge in [0.05, 0.1) is 22.6 Å². The molecule has 4 aromatic rings. The lowest BCUT2D eigenvalue weighted by Crippen LogP contribution is -2.26. The van der Waals surface area contributed by atoms with Gasteiger partial charge in [-0.05, 0) is 37.3 Å². The number of benzene rings is 2. The number of aromatic nitrogens is 3. The average molecular weight is 581 g/mol. The maximum absolute atomic E-state index is 14.1. The summed E-state index contributed by atoms with van der Waals surface area (Å²) in [5.74, 6) is -0.0672. The van der Waals surface area contributed by atoms with Crippen molar-refractivity contribution in [2.75, 3.05) is 22.6 Å². The Morgan fingerprint density at radius 1 is 1.05 bits per heavy atom. The highest BCUT2D eigenvalue weighted by Gasteiger charge is 2.35. The second-order valence-corrected chi connectivity index (χ2v) is 10.6. The number of rotatable bonds is 5. The molecule has 0 atom stereocenters. The molecule has 0 unspecified atom stereocenters. The zero-order valence-corrected chi connectivity index (χ0v) is 23.1. The van der Waals surface area contributed by atoms with Gasteiger partial charge in [0.1, 0.15) is 11.6 Å². The molecule has 0 spiro atoms. The minimum absolute atomic E-state index is 0.0607. The first kappa shape index (κ1) is 28.5. The van der Waals surface area contributed by atoms with Crippen LogP contribution in [0.25, 0.3) is 5.69 Å². The lowest BCUT2D eigenvalue weighted by Gasteiger charge is -2.20. The molecule has 42 heavy (non-hydrogen) atoms. The summed E-state index contributed by atoms with van der Waals surface area (Å²) in [5.41, 5.74) is 0.417. The number of amides is 3. The van der Waals surface area contributed by atoms with Gasteiger partial charge < -0.3 is 20.1 Å². The van der Waals surface area contributed by atoms with Crippen LogP contribution in [0.3, 0.4) is 0 Å². The summed E-state index contributed by atoms with van der Waals surface area (Å²) < 4.78 is 54.8. The molecule has 2 aromatic heterocycles. The number of anilines is 3. The quantitative estimate of drug-likeness (QED) is 0.243. The van der Waals surface area contributed by atoms with E-state index in [1.807, 2.05) is 52.0 Å².